The van der Waals surface area contributed by atoms with Crippen LogP contribution in [0.4, 0.5) is 0 Å². The van der Waals surface area contributed by atoms with Crippen molar-refractivity contribution >= 4 is 28.8 Å². The summed E-state index contributed by atoms with van der Waals surface area (Å²) in [5.41, 5.74) is 0. The van der Waals surface area contributed by atoms with E-state index < -0.39 is 0 Å². The summed E-state index contributed by atoms with van der Waals surface area (Å²) >= 11 is 7.28. The van der Waals surface area contributed by atoms with Crippen molar-refractivity contribution in [2.45, 2.75) is 19.5 Å². The molecule has 0 aliphatic carbocycles. The second kappa shape index (κ2) is 5.24. The fourth-order valence-corrected chi connectivity index (χ4v) is 2.38. The quantitative estimate of drug-likeness (QED) is 0.909. The van der Waals surface area contributed by atoms with Gasteiger partial charge in [-0.15, -0.1) is 16.4 Å². The van der Waals surface area contributed by atoms with Crippen LogP contribution in [0.5, 0.6) is 0 Å². The molecule has 2 heterocycles. The molecular formula is C9H10ClN5OS. The number of aromatic nitrogens is 4. The molecule has 17 heavy (non-hydrogen) atoms. The second-order valence-corrected chi connectivity index (χ2v) is 5.19. The number of hydrogen-bond acceptors (Lipinski definition) is 5. The van der Waals surface area contributed by atoms with Crippen molar-refractivity contribution in [1.82, 2.24) is 25.5 Å². The molecule has 1 N–H and O–H groups in total. The molecule has 0 aliphatic rings. The van der Waals surface area contributed by atoms with Crippen LogP contribution in [0.15, 0.2) is 18.5 Å². The molecule has 2 aromatic heterocycles. The first-order valence-corrected chi connectivity index (χ1v) is 6.10. The van der Waals surface area contributed by atoms with E-state index in [2.05, 4.69) is 20.8 Å². The molecule has 0 aliphatic heterocycles. The minimum absolute atomic E-state index is 0.0727. The van der Waals surface area contributed by atoms with Crippen LogP contribution in [0, 0.1) is 0 Å². The van der Waals surface area contributed by atoms with E-state index in [1.165, 1.54) is 22.3 Å². The lowest BCUT2D eigenvalue weighted by Gasteiger charge is -2.11. The van der Waals surface area contributed by atoms with E-state index in [-0.39, 0.29) is 18.5 Å². The van der Waals surface area contributed by atoms with Gasteiger partial charge < -0.3 is 5.32 Å². The number of rotatable bonds is 4. The molecule has 0 saturated carbocycles. The predicted molar refractivity (Wildman–Crippen MR) is 63.7 cm³/mol. The number of thiophene rings is 1. The van der Waals surface area contributed by atoms with Gasteiger partial charge in [0.2, 0.25) is 5.91 Å². The van der Waals surface area contributed by atoms with Gasteiger partial charge in [-0.05, 0) is 29.5 Å². The topological polar surface area (TPSA) is 72.7 Å². The highest BCUT2D eigenvalue weighted by Gasteiger charge is 2.12. The van der Waals surface area contributed by atoms with Crippen LogP contribution < -0.4 is 5.32 Å². The fourth-order valence-electron chi connectivity index (χ4n) is 1.32. The van der Waals surface area contributed by atoms with E-state index in [9.17, 15) is 4.79 Å². The summed E-state index contributed by atoms with van der Waals surface area (Å²) in [4.78, 5) is 12.7. The Morgan fingerprint density at radius 2 is 2.47 bits per heavy atom. The molecule has 0 bridgehead atoms. The third-order valence-corrected chi connectivity index (χ3v) is 3.51. The van der Waals surface area contributed by atoms with Gasteiger partial charge in [0, 0.05) is 4.88 Å². The number of carbonyl (C=O) groups is 1. The molecule has 0 radical (unpaired) electrons. The van der Waals surface area contributed by atoms with Gasteiger partial charge in [0.1, 0.15) is 12.9 Å². The standard InChI is InChI=1S/C9H10ClN5OS/c1-6(7-2-3-8(10)17-7)12-9(16)4-15-5-11-13-14-15/h2-3,5-6H,4H2,1H3,(H,12,16). The zero-order valence-corrected chi connectivity index (χ0v) is 10.6. The Balaban J connectivity index is 1.90. The molecular weight excluding hydrogens is 262 g/mol. The number of carbonyl (C=O) groups excluding carboxylic acids is 1. The van der Waals surface area contributed by atoms with Gasteiger partial charge in [-0.25, -0.2) is 4.68 Å². The molecule has 0 aromatic carbocycles. The van der Waals surface area contributed by atoms with Crippen LogP contribution in [0.1, 0.15) is 17.8 Å². The molecule has 0 fully saturated rings. The summed E-state index contributed by atoms with van der Waals surface area (Å²) in [6, 6.07) is 3.64. The van der Waals surface area contributed by atoms with Gasteiger partial charge in [0.25, 0.3) is 0 Å². The Labute approximate surface area is 107 Å². The highest BCUT2D eigenvalue weighted by molar-refractivity contribution is 7.16. The first kappa shape index (κ1) is 12.0. The van der Waals surface area contributed by atoms with Crippen molar-refractivity contribution in [2.75, 3.05) is 0 Å². The maximum Gasteiger partial charge on any atom is 0.242 e. The van der Waals surface area contributed by atoms with Gasteiger partial charge in [0.15, 0.2) is 0 Å². The van der Waals surface area contributed by atoms with Crippen molar-refractivity contribution < 1.29 is 4.79 Å². The van der Waals surface area contributed by atoms with E-state index in [1.54, 1.807) is 0 Å². The van der Waals surface area contributed by atoms with Crippen molar-refractivity contribution in [3.63, 3.8) is 0 Å². The summed E-state index contributed by atoms with van der Waals surface area (Å²) in [6.07, 6.45) is 1.40. The van der Waals surface area contributed by atoms with Crippen LogP contribution in [-0.4, -0.2) is 26.1 Å². The van der Waals surface area contributed by atoms with Crippen molar-refractivity contribution in [3.8, 4) is 0 Å². The SMILES string of the molecule is CC(NC(=O)Cn1cnnn1)c1ccc(Cl)s1. The Bertz CT molecular complexity index is 497. The van der Waals surface area contributed by atoms with Gasteiger partial charge in [-0.2, -0.15) is 0 Å². The third-order valence-electron chi connectivity index (χ3n) is 2.10. The van der Waals surface area contributed by atoms with Crippen LogP contribution in [0.2, 0.25) is 4.34 Å². The van der Waals surface area contributed by atoms with Crippen LogP contribution in [-0.2, 0) is 11.3 Å². The summed E-state index contributed by atoms with van der Waals surface area (Å²) in [6.45, 7) is 2.01. The van der Waals surface area contributed by atoms with Crippen LogP contribution in [0.25, 0.3) is 0 Å². The largest absolute Gasteiger partial charge is 0.347 e. The molecule has 2 rings (SSSR count). The number of tetrazole rings is 1. The third kappa shape index (κ3) is 3.24. The smallest absolute Gasteiger partial charge is 0.242 e. The lowest BCUT2D eigenvalue weighted by Crippen LogP contribution is -2.29. The van der Waals surface area contributed by atoms with Crippen LogP contribution >= 0.6 is 22.9 Å². The highest BCUT2D eigenvalue weighted by atomic mass is 35.5. The molecule has 0 saturated heterocycles. The monoisotopic (exact) mass is 271 g/mol. The average Bonchev–Trinajstić information content (AvgIpc) is 2.89. The minimum atomic E-state index is -0.144. The Hall–Kier alpha value is -1.47. The highest BCUT2D eigenvalue weighted by Crippen LogP contribution is 2.26. The first-order chi connectivity index (χ1) is 8.15. The lowest BCUT2D eigenvalue weighted by atomic mass is 10.3. The van der Waals surface area contributed by atoms with Crippen molar-refractivity contribution in [2.24, 2.45) is 0 Å². The number of halogens is 1. The summed E-state index contributed by atoms with van der Waals surface area (Å²) in [5.74, 6) is -0.144. The molecule has 6 nitrogen and oxygen atoms in total. The normalized spacial score (nSPS) is 12.4. The molecule has 90 valence electrons. The second-order valence-electron chi connectivity index (χ2n) is 3.44. The van der Waals surface area contributed by atoms with Gasteiger partial charge >= 0.3 is 0 Å². The average molecular weight is 272 g/mol. The van der Waals surface area contributed by atoms with E-state index >= 15 is 0 Å². The van der Waals surface area contributed by atoms with Gasteiger partial charge in [-0.3, -0.25) is 4.79 Å². The first-order valence-electron chi connectivity index (χ1n) is 4.90. The Morgan fingerprint density at radius 1 is 1.65 bits per heavy atom. The molecule has 8 heteroatoms. The zero-order chi connectivity index (χ0) is 12.3. The Kier molecular flexibility index (Phi) is 3.70. The summed E-state index contributed by atoms with van der Waals surface area (Å²) in [5, 5.41) is 13.4. The Morgan fingerprint density at radius 3 is 3.06 bits per heavy atom. The minimum Gasteiger partial charge on any atom is -0.347 e. The molecule has 1 atom stereocenters. The van der Waals surface area contributed by atoms with Crippen molar-refractivity contribution in [1.29, 1.82) is 0 Å². The van der Waals surface area contributed by atoms with Gasteiger partial charge in [0.05, 0.1) is 10.4 Å². The number of nitrogens with one attached hydrogen (secondary N) is 1. The predicted octanol–water partition coefficient (Wildman–Crippen LogP) is 1.27. The molecule has 0 spiro atoms. The fraction of sp³-hybridized carbons (Fsp3) is 0.333. The number of hydrogen-bond donors (Lipinski definition) is 1. The summed E-state index contributed by atoms with van der Waals surface area (Å²) < 4.78 is 2.07. The van der Waals surface area contributed by atoms with E-state index in [0.717, 1.165) is 4.88 Å². The van der Waals surface area contributed by atoms with E-state index in [4.69, 9.17) is 11.6 Å². The number of nitrogens with zero attached hydrogens (tertiary/aromatic N) is 4. The van der Waals surface area contributed by atoms with E-state index in [0.29, 0.717) is 4.34 Å². The van der Waals surface area contributed by atoms with Crippen molar-refractivity contribution in [3.05, 3.63) is 27.7 Å². The van der Waals surface area contributed by atoms with Crippen LogP contribution in [0.3, 0.4) is 0 Å². The lowest BCUT2D eigenvalue weighted by molar-refractivity contribution is -0.122. The molecule has 1 amide bonds. The maximum absolute atomic E-state index is 11.6. The zero-order valence-electron chi connectivity index (χ0n) is 9.00. The molecule has 2 aromatic rings. The maximum atomic E-state index is 11.6. The van der Waals surface area contributed by atoms with E-state index in [1.807, 2.05) is 19.1 Å². The summed E-state index contributed by atoms with van der Waals surface area (Å²) in [7, 11) is 0. The molecule has 1 unspecified atom stereocenters. The van der Waals surface area contributed by atoms with Gasteiger partial charge in [-0.1, -0.05) is 11.6 Å². The number of amides is 1.